The maximum Gasteiger partial charge on any atom is 0.137 e. The predicted octanol–water partition coefficient (Wildman–Crippen LogP) is 3.90. The van der Waals surface area contributed by atoms with Gasteiger partial charge >= 0.3 is 0 Å². The van der Waals surface area contributed by atoms with E-state index >= 15 is 0 Å². The lowest BCUT2D eigenvalue weighted by Gasteiger charge is -2.31. The smallest absolute Gasteiger partial charge is 0.137 e. The van der Waals surface area contributed by atoms with Crippen molar-refractivity contribution in [1.82, 2.24) is 4.98 Å². The van der Waals surface area contributed by atoms with Crippen molar-refractivity contribution >= 4 is 0 Å². The van der Waals surface area contributed by atoms with Crippen molar-refractivity contribution in [2.45, 2.75) is 58.5 Å². The fourth-order valence-corrected chi connectivity index (χ4v) is 3.26. The molecule has 1 N–H and O–H groups in total. The third-order valence-electron chi connectivity index (χ3n) is 4.76. The van der Waals surface area contributed by atoms with Crippen LogP contribution in [0.3, 0.4) is 0 Å². The highest BCUT2D eigenvalue weighted by Gasteiger charge is 2.36. The first-order valence-corrected chi connectivity index (χ1v) is 7.57. The topological polar surface area (TPSA) is 42.4 Å². The molecule has 20 heavy (non-hydrogen) atoms. The molecule has 1 aromatic heterocycles. The molecular weight excluding hydrogens is 250 g/mol. The van der Waals surface area contributed by atoms with E-state index in [-0.39, 0.29) is 0 Å². The summed E-state index contributed by atoms with van der Waals surface area (Å²) < 4.78 is 5.22. The maximum absolute atomic E-state index is 11.0. The Morgan fingerprint density at radius 1 is 1.25 bits per heavy atom. The van der Waals surface area contributed by atoms with Crippen molar-refractivity contribution in [3.63, 3.8) is 0 Å². The first kappa shape index (κ1) is 15.3. The van der Waals surface area contributed by atoms with Crippen LogP contribution in [0.5, 0.6) is 5.75 Å². The van der Waals surface area contributed by atoms with Gasteiger partial charge in [-0.25, -0.2) is 0 Å². The largest absolute Gasteiger partial charge is 0.495 e. The number of rotatable bonds is 2. The Bertz CT molecular complexity index is 453. The molecule has 112 valence electrons. The van der Waals surface area contributed by atoms with E-state index in [4.69, 9.17) is 4.74 Å². The van der Waals surface area contributed by atoms with E-state index in [0.717, 1.165) is 31.2 Å². The molecule has 0 bridgehead atoms. The Morgan fingerprint density at radius 3 is 2.65 bits per heavy atom. The zero-order valence-corrected chi connectivity index (χ0v) is 13.1. The van der Waals surface area contributed by atoms with Crippen molar-refractivity contribution in [2.24, 2.45) is 11.3 Å². The van der Waals surface area contributed by atoms with Gasteiger partial charge in [0.1, 0.15) is 5.75 Å². The summed E-state index contributed by atoms with van der Waals surface area (Å²) in [6.45, 7) is 6.90. The predicted molar refractivity (Wildman–Crippen MR) is 80.7 cm³/mol. The van der Waals surface area contributed by atoms with Gasteiger partial charge in [0.15, 0.2) is 0 Å². The lowest BCUT2D eigenvalue weighted by Crippen LogP contribution is -2.26. The summed E-state index contributed by atoms with van der Waals surface area (Å²) in [5, 5.41) is 11.0. The molecule has 0 aromatic carbocycles. The van der Waals surface area contributed by atoms with E-state index in [1.54, 1.807) is 19.5 Å². The number of hydrogen-bond donors (Lipinski definition) is 1. The van der Waals surface area contributed by atoms with Crippen LogP contribution in [0.4, 0.5) is 0 Å². The van der Waals surface area contributed by atoms with Gasteiger partial charge in [-0.05, 0) is 49.5 Å². The van der Waals surface area contributed by atoms with Crippen molar-refractivity contribution in [1.29, 1.82) is 0 Å². The molecule has 2 unspecified atom stereocenters. The Balaban J connectivity index is 2.18. The average Bonchev–Trinajstić information content (AvgIpc) is 2.61. The van der Waals surface area contributed by atoms with E-state index in [1.165, 1.54) is 6.42 Å². The lowest BCUT2D eigenvalue weighted by molar-refractivity contribution is 0.0174. The van der Waals surface area contributed by atoms with Gasteiger partial charge in [-0.1, -0.05) is 20.8 Å². The van der Waals surface area contributed by atoms with Crippen LogP contribution in [0.15, 0.2) is 18.5 Å². The zero-order valence-electron chi connectivity index (χ0n) is 13.1. The summed E-state index contributed by atoms with van der Waals surface area (Å²) >= 11 is 0. The molecule has 3 heteroatoms. The molecular formula is C17H27NO2. The molecule has 1 saturated carbocycles. The second-order valence-corrected chi connectivity index (χ2v) is 7.14. The molecule has 1 aromatic rings. The summed E-state index contributed by atoms with van der Waals surface area (Å²) in [4.78, 5) is 4.19. The fraction of sp³-hybridized carbons (Fsp3) is 0.706. The molecule has 0 radical (unpaired) electrons. The Hall–Kier alpha value is -1.09. The van der Waals surface area contributed by atoms with Crippen LogP contribution in [-0.4, -0.2) is 17.2 Å². The number of aliphatic hydroxyl groups is 1. The van der Waals surface area contributed by atoms with Gasteiger partial charge < -0.3 is 9.84 Å². The molecule has 1 fully saturated rings. The minimum absolute atomic E-state index is 0.317. The quantitative estimate of drug-likeness (QED) is 0.834. The SMILES string of the molecule is COc1cncc(C2(O)CCCC(C(C)(C)C)CC2)c1. The molecule has 1 heterocycles. The number of ether oxygens (including phenoxy) is 1. The van der Waals surface area contributed by atoms with E-state index in [2.05, 4.69) is 25.8 Å². The van der Waals surface area contributed by atoms with E-state index in [0.29, 0.717) is 17.1 Å². The number of nitrogens with zero attached hydrogens (tertiary/aromatic N) is 1. The standard InChI is InChI=1S/C17H27NO2/c1-16(2,3)13-6-5-8-17(19,9-7-13)14-10-15(20-4)12-18-11-14/h10-13,19H,5-9H2,1-4H3. The minimum Gasteiger partial charge on any atom is -0.495 e. The van der Waals surface area contributed by atoms with Crippen LogP contribution >= 0.6 is 0 Å². The molecule has 0 aliphatic heterocycles. The molecule has 0 spiro atoms. The Kier molecular flexibility index (Phi) is 4.38. The normalized spacial score (nSPS) is 27.9. The molecule has 0 amide bonds. The van der Waals surface area contributed by atoms with Crippen molar-refractivity contribution in [2.75, 3.05) is 7.11 Å². The van der Waals surface area contributed by atoms with Crippen molar-refractivity contribution in [3.05, 3.63) is 24.0 Å². The highest BCUT2D eigenvalue weighted by molar-refractivity contribution is 5.28. The summed E-state index contributed by atoms with van der Waals surface area (Å²) in [7, 11) is 1.63. The fourth-order valence-electron chi connectivity index (χ4n) is 3.26. The van der Waals surface area contributed by atoms with E-state index < -0.39 is 5.60 Å². The van der Waals surface area contributed by atoms with Gasteiger partial charge in [0.2, 0.25) is 0 Å². The van der Waals surface area contributed by atoms with Crippen molar-refractivity contribution in [3.8, 4) is 5.75 Å². The van der Waals surface area contributed by atoms with Gasteiger partial charge in [-0.3, -0.25) is 4.98 Å². The van der Waals surface area contributed by atoms with Crippen LogP contribution in [0, 0.1) is 11.3 Å². The minimum atomic E-state index is -0.748. The van der Waals surface area contributed by atoms with Crippen LogP contribution in [0.1, 0.15) is 58.4 Å². The Labute approximate surface area is 122 Å². The average molecular weight is 277 g/mol. The maximum atomic E-state index is 11.0. The monoisotopic (exact) mass is 277 g/mol. The molecule has 2 atom stereocenters. The molecule has 1 aliphatic rings. The number of methoxy groups -OCH3 is 1. The number of aromatic nitrogens is 1. The molecule has 0 saturated heterocycles. The lowest BCUT2D eigenvalue weighted by atomic mass is 9.76. The second-order valence-electron chi connectivity index (χ2n) is 7.14. The molecule has 2 rings (SSSR count). The summed E-state index contributed by atoms with van der Waals surface area (Å²) in [6.07, 6.45) is 8.41. The van der Waals surface area contributed by atoms with Gasteiger partial charge in [-0.15, -0.1) is 0 Å². The Morgan fingerprint density at radius 2 is 2.00 bits per heavy atom. The van der Waals surface area contributed by atoms with Crippen LogP contribution in [-0.2, 0) is 5.60 Å². The van der Waals surface area contributed by atoms with Crippen LogP contribution in [0.25, 0.3) is 0 Å². The van der Waals surface area contributed by atoms with E-state index in [1.807, 2.05) is 6.07 Å². The van der Waals surface area contributed by atoms with Crippen molar-refractivity contribution < 1.29 is 9.84 Å². The molecule has 1 aliphatic carbocycles. The second kappa shape index (κ2) is 5.72. The third kappa shape index (κ3) is 3.32. The summed E-state index contributed by atoms with van der Waals surface area (Å²) in [5.74, 6) is 1.39. The first-order valence-electron chi connectivity index (χ1n) is 7.57. The third-order valence-corrected chi connectivity index (χ3v) is 4.76. The zero-order chi connectivity index (χ0) is 14.8. The number of hydrogen-bond acceptors (Lipinski definition) is 3. The van der Waals surface area contributed by atoms with Gasteiger partial charge in [0.05, 0.1) is 18.9 Å². The number of pyridine rings is 1. The summed E-state index contributed by atoms with van der Waals surface area (Å²) in [5.41, 5.74) is 0.464. The highest BCUT2D eigenvalue weighted by Crippen LogP contribution is 2.43. The van der Waals surface area contributed by atoms with Crippen LogP contribution in [0.2, 0.25) is 0 Å². The van der Waals surface area contributed by atoms with Crippen LogP contribution < -0.4 is 4.74 Å². The highest BCUT2D eigenvalue weighted by atomic mass is 16.5. The van der Waals surface area contributed by atoms with Gasteiger partial charge in [0.25, 0.3) is 0 Å². The summed E-state index contributed by atoms with van der Waals surface area (Å²) in [6, 6.07) is 1.92. The van der Waals surface area contributed by atoms with E-state index in [9.17, 15) is 5.11 Å². The first-order chi connectivity index (χ1) is 9.35. The van der Waals surface area contributed by atoms with Gasteiger partial charge in [-0.2, -0.15) is 0 Å². The van der Waals surface area contributed by atoms with Gasteiger partial charge in [0, 0.05) is 11.8 Å². The molecule has 3 nitrogen and oxygen atoms in total.